The first-order chi connectivity index (χ1) is 11.3. The van der Waals surface area contributed by atoms with Crippen LogP contribution in [0.2, 0.25) is 0 Å². The van der Waals surface area contributed by atoms with E-state index in [0.717, 1.165) is 39.4 Å². The zero-order valence-electron chi connectivity index (χ0n) is 15.1. The predicted molar refractivity (Wildman–Crippen MR) is 101 cm³/mol. The molecular weight excluding hydrogens is 340 g/mol. The molecule has 2 saturated heterocycles. The Labute approximate surface area is 154 Å². The lowest BCUT2D eigenvalue weighted by Crippen LogP contribution is -2.45. The van der Waals surface area contributed by atoms with E-state index in [9.17, 15) is 0 Å². The minimum Gasteiger partial charge on any atom is -0.373 e. The molecule has 6 heteroatoms. The molecule has 0 radical (unpaired) electrons. The van der Waals surface area contributed by atoms with Gasteiger partial charge < -0.3 is 9.47 Å². The van der Waals surface area contributed by atoms with Crippen LogP contribution >= 0.6 is 23.9 Å². The van der Waals surface area contributed by atoms with E-state index >= 15 is 0 Å². The summed E-state index contributed by atoms with van der Waals surface area (Å²) in [6.45, 7) is 14.1. The van der Waals surface area contributed by atoms with Gasteiger partial charge in [-0.25, -0.2) is 8.61 Å². The SMILES string of the molecule is CC1(C)CN(Sc2ccc(SN3CCOC(C)(C)C3)cc2)CCO1. The molecule has 0 aliphatic carbocycles. The average Bonchev–Trinajstić information content (AvgIpc) is 2.47. The average molecular weight is 369 g/mol. The molecule has 2 aliphatic rings. The molecule has 0 saturated carbocycles. The first-order valence-electron chi connectivity index (χ1n) is 8.55. The molecule has 0 spiro atoms. The monoisotopic (exact) mass is 368 g/mol. The van der Waals surface area contributed by atoms with E-state index in [-0.39, 0.29) is 11.2 Å². The standard InChI is InChI=1S/C18H28N2O2S2/c1-17(2)13-19(9-11-21-17)23-15-5-7-16(8-6-15)24-20-10-12-22-18(3,4)14-20/h5-8H,9-14H2,1-4H3. The van der Waals surface area contributed by atoms with Gasteiger partial charge in [-0.2, -0.15) is 0 Å². The summed E-state index contributed by atoms with van der Waals surface area (Å²) < 4.78 is 16.4. The summed E-state index contributed by atoms with van der Waals surface area (Å²) in [4.78, 5) is 2.58. The second-order valence-corrected chi connectivity index (χ2v) is 9.94. The fourth-order valence-electron chi connectivity index (χ4n) is 2.96. The highest BCUT2D eigenvalue weighted by molar-refractivity contribution is 7.97. The van der Waals surface area contributed by atoms with E-state index in [1.165, 1.54) is 9.79 Å². The number of hydrogen-bond donors (Lipinski definition) is 0. The van der Waals surface area contributed by atoms with E-state index in [0.29, 0.717) is 0 Å². The quantitative estimate of drug-likeness (QED) is 0.747. The number of nitrogens with zero attached hydrogens (tertiary/aromatic N) is 2. The Morgan fingerprint density at radius 3 is 1.46 bits per heavy atom. The third kappa shape index (κ3) is 5.38. The van der Waals surface area contributed by atoms with Gasteiger partial charge in [0.15, 0.2) is 0 Å². The highest BCUT2D eigenvalue weighted by Crippen LogP contribution is 2.32. The van der Waals surface area contributed by atoms with Gasteiger partial charge >= 0.3 is 0 Å². The molecule has 2 heterocycles. The molecule has 0 unspecified atom stereocenters. The Hall–Kier alpha value is -0.240. The smallest absolute Gasteiger partial charge is 0.0763 e. The van der Waals surface area contributed by atoms with Gasteiger partial charge in [0.25, 0.3) is 0 Å². The van der Waals surface area contributed by atoms with Gasteiger partial charge in [-0.1, -0.05) is 0 Å². The predicted octanol–water partition coefficient (Wildman–Crippen LogP) is 3.92. The lowest BCUT2D eigenvalue weighted by molar-refractivity contribution is -0.0619. The Morgan fingerprint density at radius 2 is 1.12 bits per heavy atom. The van der Waals surface area contributed by atoms with Gasteiger partial charge in [-0.15, -0.1) is 0 Å². The Morgan fingerprint density at radius 1 is 0.750 bits per heavy atom. The molecule has 4 nitrogen and oxygen atoms in total. The lowest BCUT2D eigenvalue weighted by Gasteiger charge is -2.37. The molecule has 1 aromatic carbocycles. The van der Waals surface area contributed by atoms with E-state index in [4.69, 9.17) is 9.47 Å². The molecular formula is C18H28N2O2S2. The van der Waals surface area contributed by atoms with Crippen molar-refractivity contribution in [3.05, 3.63) is 24.3 Å². The Bertz CT molecular complexity index is 499. The van der Waals surface area contributed by atoms with E-state index in [2.05, 4.69) is 60.6 Å². The van der Waals surface area contributed by atoms with Crippen molar-refractivity contribution >= 4 is 23.9 Å². The van der Waals surface area contributed by atoms with Crippen LogP contribution in [0.25, 0.3) is 0 Å². The number of hydrogen-bond acceptors (Lipinski definition) is 6. The summed E-state index contributed by atoms with van der Waals surface area (Å²) >= 11 is 3.66. The van der Waals surface area contributed by atoms with Crippen LogP contribution in [-0.4, -0.2) is 59.2 Å². The second kappa shape index (κ2) is 7.56. The third-order valence-electron chi connectivity index (χ3n) is 4.07. The minimum absolute atomic E-state index is 0.0514. The van der Waals surface area contributed by atoms with Gasteiger partial charge in [-0.05, 0) is 75.9 Å². The molecule has 0 aromatic heterocycles. The number of benzene rings is 1. The van der Waals surface area contributed by atoms with Crippen molar-refractivity contribution in [3.8, 4) is 0 Å². The third-order valence-corrected chi connectivity index (χ3v) is 6.18. The largest absolute Gasteiger partial charge is 0.373 e. The van der Waals surface area contributed by atoms with E-state index in [1.807, 2.05) is 23.9 Å². The molecule has 0 atom stereocenters. The molecule has 0 amide bonds. The number of morpholine rings is 2. The lowest BCUT2D eigenvalue weighted by atomic mass is 10.1. The summed E-state index contributed by atoms with van der Waals surface area (Å²) in [6, 6.07) is 8.89. The maximum Gasteiger partial charge on any atom is 0.0763 e. The second-order valence-electron chi connectivity index (χ2n) is 7.60. The van der Waals surface area contributed by atoms with Crippen molar-refractivity contribution in [1.29, 1.82) is 0 Å². The summed E-state index contributed by atoms with van der Waals surface area (Å²) in [6.07, 6.45) is 0. The van der Waals surface area contributed by atoms with Crippen LogP contribution in [0.4, 0.5) is 0 Å². The van der Waals surface area contributed by atoms with Crippen LogP contribution in [0.5, 0.6) is 0 Å². The van der Waals surface area contributed by atoms with E-state index in [1.54, 1.807) is 0 Å². The summed E-state index contributed by atoms with van der Waals surface area (Å²) in [5, 5.41) is 0. The molecule has 0 bridgehead atoms. The van der Waals surface area contributed by atoms with Gasteiger partial charge in [0.05, 0.1) is 24.4 Å². The van der Waals surface area contributed by atoms with Crippen molar-refractivity contribution in [2.24, 2.45) is 0 Å². The van der Waals surface area contributed by atoms with Crippen molar-refractivity contribution in [1.82, 2.24) is 8.61 Å². The van der Waals surface area contributed by atoms with Gasteiger partial charge in [0, 0.05) is 36.0 Å². The summed E-state index contributed by atoms with van der Waals surface area (Å²) in [5.74, 6) is 0. The summed E-state index contributed by atoms with van der Waals surface area (Å²) in [7, 11) is 0. The maximum absolute atomic E-state index is 5.78. The zero-order chi connectivity index (χ0) is 17.2. The maximum atomic E-state index is 5.78. The first-order valence-corrected chi connectivity index (χ1v) is 10.1. The van der Waals surface area contributed by atoms with Crippen LogP contribution in [0.3, 0.4) is 0 Å². The van der Waals surface area contributed by atoms with Crippen molar-refractivity contribution < 1.29 is 9.47 Å². The van der Waals surface area contributed by atoms with Gasteiger partial charge in [-0.3, -0.25) is 0 Å². The van der Waals surface area contributed by atoms with Gasteiger partial charge in [0.1, 0.15) is 0 Å². The summed E-state index contributed by atoms with van der Waals surface area (Å²) in [5.41, 5.74) is -0.103. The normalized spacial score (nSPS) is 24.8. The topological polar surface area (TPSA) is 24.9 Å². The highest BCUT2D eigenvalue weighted by atomic mass is 32.2. The van der Waals surface area contributed by atoms with Crippen LogP contribution in [0.1, 0.15) is 27.7 Å². The Kier molecular flexibility index (Phi) is 5.84. The number of rotatable bonds is 4. The molecule has 134 valence electrons. The van der Waals surface area contributed by atoms with E-state index < -0.39 is 0 Å². The van der Waals surface area contributed by atoms with Crippen LogP contribution < -0.4 is 0 Å². The zero-order valence-corrected chi connectivity index (χ0v) is 16.7. The van der Waals surface area contributed by atoms with Crippen LogP contribution in [0, 0.1) is 0 Å². The van der Waals surface area contributed by atoms with Crippen molar-refractivity contribution in [2.75, 3.05) is 39.4 Å². The highest BCUT2D eigenvalue weighted by Gasteiger charge is 2.28. The fourth-order valence-corrected chi connectivity index (χ4v) is 5.16. The fraction of sp³-hybridized carbons (Fsp3) is 0.667. The van der Waals surface area contributed by atoms with Gasteiger partial charge in [0.2, 0.25) is 0 Å². The Balaban J connectivity index is 1.54. The molecule has 0 N–H and O–H groups in total. The van der Waals surface area contributed by atoms with Crippen molar-refractivity contribution in [2.45, 2.75) is 48.7 Å². The van der Waals surface area contributed by atoms with Crippen LogP contribution in [-0.2, 0) is 9.47 Å². The van der Waals surface area contributed by atoms with Crippen molar-refractivity contribution in [3.63, 3.8) is 0 Å². The number of ether oxygens (including phenoxy) is 2. The molecule has 2 fully saturated rings. The molecule has 1 aromatic rings. The van der Waals surface area contributed by atoms with Crippen LogP contribution in [0.15, 0.2) is 34.1 Å². The molecule has 24 heavy (non-hydrogen) atoms. The minimum atomic E-state index is -0.0514. The first kappa shape index (κ1) is 18.5. The molecule has 2 aliphatic heterocycles. The molecule has 3 rings (SSSR count).